The van der Waals surface area contributed by atoms with Gasteiger partial charge < -0.3 is 14.4 Å². The Bertz CT molecular complexity index is 1390. The van der Waals surface area contributed by atoms with Crippen LogP contribution in [0.5, 0.6) is 11.5 Å². The summed E-state index contributed by atoms with van der Waals surface area (Å²) in [4.78, 5) is 34.0. The molecule has 0 saturated heterocycles. The molecule has 0 unspecified atom stereocenters. The molecule has 1 amide bonds. The Labute approximate surface area is 194 Å². The Morgan fingerprint density at radius 1 is 1.06 bits per heavy atom. The van der Waals surface area contributed by atoms with Gasteiger partial charge in [0.1, 0.15) is 11.4 Å². The van der Waals surface area contributed by atoms with E-state index in [0.717, 1.165) is 28.0 Å². The van der Waals surface area contributed by atoms with Crippen molar-refractivity contribution >= 4 is 27.5 Å². The second-order valence-electron chi connectivity index (χ2n) is 7.91. The highest BCUT2D eigenvalue weighted by Crippen LogP contribution is 2.33. The van der Waals surface area contributed by atoms with Crippen molar-refractivity contribution in [1.82, 2.24) is 14.5 Å². The zero-order valence-electron chi connectivity index (χ0n) is 18.4. The fourth-order valence-corrected chi connectivity index (χ4v) is 5.15. The summed E-state index contributed by atoms with van der Waals surface area (Å²) in [5.41, 5.74) is 3.01. The molecule has 168 valence electrons. The number of ether oxygens (including phenoxy) is 2. The normalized spacial score (nSPS) is 13.1. The van der Waals surface area contributed by atoms with Crippen LogP contribution in [0.2, 0.25) is 0 Å². The summed E-state index contributed by atoms with van der Waals surface area (Å²) in [7, 11) is 3.21. The summed E-state index contributed by atoms with van der Waals surface area (Å²) in [6, 6.07) is 15.7. The van der Waals surface area contributed by atoms with E-state index >= 15 is 0 Å². The molecule has 0 radical (unpaired) electrons. The topological polar surface area (TPSA) is 73.7 Å². The summed E-state index contributed by atoms with van der Waals surface area (Å²) in [5.74, 6) is 1.22. The van der Waals surface area contributed by atoms with Crippen LogP contribution in [-0.4, -0.2) is 41.1 Å². The highest BCUT2D eigenvalue weighted by molar-refractivity contribution is 7.21. The van der Waals surface area contributed by atoms with Gasteiger partial charge in [0, 0.05) is 18.0 Å². The molecule has 33 heavy (non-hydrogen) atoms. The van der Waals surface area contributed by atoms with E-state index in [0.29, 0.717) is 34.8 Å². The highest BCUT2D eigenvalue weighted by atomic mass is 32.1. The Kier molecular flexibility index (Phi) is 5.60. The molecule has 5 rings (SSSR count). The van der Waals surface area contributed by atoms with Gasteiger partial charge in [0.25, 0.3) is 5.56 Å². The summed E-state index contributed by atoms with van der Waals surface area (Å²) >= 11 is 1.48. The van der Waals surface area contributed by atoms with Gasteiger partial charge in [0.2, 0.25) is 5.91 Å². The van der Waals surface area contributed by atoms with Crippen molar-refractivity contribution in [3.05, 3.63) is 76.3 Å². The molecular formula is C25H23N3O4S. The van der Waals surface area contributed by atoms with E-state index in [1.807, 2.05) is 48.5 Å². The first kappa shape index (κ1) is 21.2. The number of rotatable bonds is 5. The first-order valence-electron chi connectivity index (χ1n) is 10.6. The lowest BCUT2D eigenvalue weighted by Gasteiger charge is -2.29. The van der Waals surface area contributed by atoms with Crippen molar-refractivity contribution in [2.45, 2.75) is 19.5 Å². The number of thiophene rings is 1. The van der Waals surface area contributed by atoms with Gasteiger partial charge in [-0.15, -0.1) is 11.3 Å². The van der Waals surface area contributed by atoms with Gasteiger partial charge in [0.05, 0.1) is 25.9 Å². The van der Waals surface area contributed by atoms with E-state index in [2.05, 4.69) is 4.98 Å². The number of aromatic nitrogens is 2. The average molecular weight is 462 g/mol. The van der Waals surface area contributed by atoms with Crippen LogP contribution in [0.1, 0.15) is 11.1 Å². The predicted octanol–water partition coefficient (Wildman–Crippen LogP) is 3.73. The van der Waals surface area contributed by atoms with Gasteiger partial charge in [0.15, 0.2) is 11.5 Å². The van der Waals surface area contributed by atoms with Crippen LogP contribution in [-0.2, 0) is 24.3 Å². The van der Waals surface area contributed by atoms with Crippen LogP contribution in [0.25, 0.3) is 20.7 Å². The predicted molar refractivity (Wildman–Crippen MR) is 128 cm³/mol. The molecule has 0 aliphatic carbocycles. The number of fused-ring (bicyclic) bond motifs is 2. The fourth-order valence-electron chi connectivity index (χ4n) is 4.16. The van der Waals surface area contributed by atoms with Crippen molar-refractivity contribution in [3.8, 4) is 21.9 Å². The maximum absolute atomic E-state index is 13.1. The molecule has 0 N–H and O–H groups in total. The molecule has 0 atom stereocenters. The Balaban J connectivity index is 1.37. The molecule has 3 heterocycles. The number of hydrogen-bond donors (Lipinski definition) is 0. The van der Waals surface area contributed by atoms with Crippen molar-refractivity contribution in [1.29, 1.82) is 0 Å². The fraction of sp³-hybridized carbons (Fsp3) is 0.240. The zero-order valence-corrected chi connectivity index (χ0v) is 19.2. The largest absolute Gasteiger partial charge is 0.493 e. The van der Waals surface area contributed by atoms with Crippen molar-refractivity contribution in [2.75, 3.05) is 20.8 Å². The molecule has 0 saturated carbocycles. The standard InChI is InChI=1S/C25H23N3O4S/c1-31-20-10-17-8-9-27(13-18(17)11-21(20)32-2)23(29)14-28-15-26-24-19(25(28)30)12-22(33-24)16-6-4-3-5-7-16/h3-7,10-12,15H,8-9,13-14H2,1-2H3. The van der Waals surface area contributed by atoms with Crippen LogP contribution in [0.4, 0.5) is 0 Å². The lowest BCUT2D eigenvalue weighted by atomic mass is 9.98. The molecular weight excluding hydrogens is 438 g/mol. The van der Waals surface area contributed by atoms with Gasteiger partial charge >= 0.3 is 0 Å². The summed E-state index contributed by atoms with van der Waals surface area (Å²) in [6.07, 6.45) is 2.19. The van der Waals surface area contributed by atoms with E-state index in [4.69, 9.17) is 9.47 Å². The molecule has 8 heteroatoms. The monoisotopic (exact) mass is 461 g/mol. The van der Waals surface area contributed by atoms with E-state index in [-0.39, 0.29) is 18.0 Å². The zero-order chi connectivity index (χ0) is 22.9. The highest BCUT2D eigenvalue weighted by Gasteiger charge is 2.23. The van der Waals surface area contributed by atoms with Crippen molar-refractivity contribution < 1.29 is 14.3 Å². The second-order valence-corrected chi connectivity index (χ2v) is 8.94. The SMILES string of the molecule is COc1cc2c(cc1OC)CN(C(=O)Cn1cnc3sc(-c4ccccc4)cc3c1=O)CC2. The number of carbonyl (C=O) groups excluding carboxylic acids is 1. The number of benzene rings is 2. The third-order valence-electron chi connectivity index (χ3n) is 5.95. The summed E-state index contributed by atoms with van der Waals surface area (Å²) in [6.45, 7) is 1.01. The van der Waals surface area contributed by atoms with Gasteiger partial charge in [-0.05, 0) is 41.3 Å². The van der Waals surface area contributed by atoms with Crippen LogP contribution >= 0.6 is 11.3 Å². The molecule has 0 bridgehead atoms. The molecule has 2 aromatic heterocycles. The van der Waals surface area contributed by atoms with Gasteiger partial charge in [-0.2, -0.15) is 0 Å². The molecule has 1 aliphatic heterocycles. The number of methoxy groups -OCH3 is 2. The van der Waals surface area contributed by atoms with Gasteiger partial charge in [-0.3, -0.25) is 14.2 Å². The second kappa shape index (κ2) is 8.71. The average Bonchev–Trinajstić information content (AvgIpc) is 3.30. The lowest BCUT2D eigenvalue weighted by molar-refractivity contribution is -0.132. The van der Waals surface area contributed by atoms with Crippen molar-refractivity contribution in [3.63, 3.8) is 0 Å². The van der Waals surface area contributed by atoms with E-state index in [1.54, 1.807) is 19.1 Å². The number of carbonyl (C=O) groups is 1. The molecule has 0 spiro atoms. The quantitative estimate of drug-likeness (QED) is 0.453. The third kappa shape index (κ3) is 3.98. The maximum Gasteiger partial charge on any atom is 0.262 e. The van der Waals surface area contributed by atoms with E-state index in [9.17, 15) is 9.59 Å². The van der Waals surface area contributed by atoms with Crippen LogP contribution < -0.4 is 15.0 Å². The summed E-state index contributed by atoms with van der Waals surface area (Å²) in [5, 5.41) is 0.537. The number of amides is 1. The minimum Gasteiger partial charge on any atom is -0.493 e. The van der Waals surface area contributed by atoms with Crippen LogP contribution in [0.15, 0.2) is 59.7 Å². The summed E-state index contributed by atoms with van der Waals surface area (Å²) < 4.78 is 12.2. The minimum atomic E-state index is -0.199. The van der Waals surface area contributed by atoms with E-state index < -0.39 is 0 Å². The molecule has 4 aromatic rings. The Morgan fingerprint density at radius 3 is 2.52 bits per heavy atom. The lowest BCUT2D eigenvalue weighted by Crippen LogP contribution is -2.39. The van der Waals surface area contributed by atoms with E-state index in [1.165, 1.54) is 22.2 Å². The minimum absolute atomic E-state index is 0.0408. The molecule has 2 aromatic carbocycles. The molecule has 7 nitrogen and oxygen atoms in total. The Hall–Kier alpha value is -3.65. The third-order valence-corrected chi connectivity index (χ3v) is 7.04. The van der Waals surface area contributed by atoms with Gasteiger partial charge in [-0.1, -0.05) is 30.3 Å². The first-order chi connectivity index (χ1) is 16.1. The maximum atomic E-state index is 13.1. The number of nitrogens with zero attached hydrogens (tertiary/aromatic N) is 3. The molecule has 1 aliphatic rings. The van der Waals surface area contributed by atoms with Crippen molar-refractivity contribution in [2.24, 2.45) is 0 Å². The number of hydrogen-bond acceptors (Lipinski definition) is 6. The first-order valence-corrected chi connectivity index (χ1v) is 11.4. The Morgan fingerprint density at radius 2 is 1.79 bits per heavy atom. The van der Waals surface area contributed by atoms with Gasteiger partial charge in [-0.25, -0.2) is 4.98 Å². The van der Waals surface area contributed by atoms with Crippen LogP contribution in [0, 0.1) is 0 Å². The smallest absolute Gasteiger partial charge is 0.262 e. The van der Waals surface area contributed by atoms with Crippen LogP contribution in [0.3, 0.4) is 0 Å². The molecule has 0 fully saturated rings.